The number of carbonyl (C=O) groups excluding carboxylic acids is 2. The zero-order chi connectivity index (χ0) is 21.1. The summed E-state index contributed by atoms with van der Waals surface area (Å²) in [6.07, 6.45) is 5.56. The number of hydrogen-bond donors (Lipinski definition) is 2. The molecule has 152 valence electrons. The second kappa shape index (κ2) is 8.33. The van der Waals surface area contributed by atoms with Gasteiger partial charge in [-0.25, -0.2) is 9.97 Å². The van der Waals surface area contributed by atoms with Crippen molar-refractivity contribution >= 4 is 22.6 Å². The number of ketones is 1. The summed E-state index contributed by atoms with van der Waals surface area (Å²) in [6, 6.07) is 9.32. The standard InChI is InChI=1S/C22H21N5O3/c1-13-19(16-4-2-3-5-17(16)26-13)20(28)21(29)27-14-6-8-15(9-7-14)30-22-18(12-23)24-10-11-25-22/h2-5,10-11,14-15,26H,6-9H2,1H3,(H,27,29). The number of ether oxygens (including phenoxy) is 1. The number of nitrogens with zero attached hydrogens (tertiary/aromatic N) is 3. The fraction of sp³-hybridized carbons (Fsp3) is 0.318. The summed E-state index contributed by atoms with van der Waals surface area (Å²) in [5.41, 5.74) is 2.11. The van der Waals surface area contributed by atoms with Crippen molar-refractivity contribution in [3.63, 3.8) is 0 Å². The van der Waals surface area contributed by atoms with Gasteiger partial charge in [0.15, 0.2) is 0 Å². The van der Waals surface area contributed by atoms with Crippen LogP contribution >= 0.6 is 0 Å². The quantitative estimate of drug-likeness (QED) is 0.499. The normalized spacial score (nSPS) is 18.5. The van der Waals surface area contributed by atoms with Crippen molar-refractivity contribution in [2.24, 2.45) is 0 Å². The minimum absolute atomic E-state index is 0.0934. The van der Waals surface area contributed by atoms with Crippen LogP contribution in [0.4, 0.5) is 0 Å². The Hall–Kier alpha value is -3.73. The molecule has 2 heterocycles. The highest BCUT2D eigenvalue weighted by Gasteiger charge is 2.28. The van der Waals surface area contributed by atoms with Gasteiger partial charge in [-0.15, -0.1) is 0 Å². The van der Waals surface area contributed by atoms with E-state index >= 15 is 0 Å². The molecule has 3 aromatic rings. The Kier molecular flexibility index (Phi) is 5.44. The maximum atomic E-state index is 12.8. The summed E-state index contributed by atoms with van der Waals surface area (Å²) in [4.78, 5) is 36.6. The number of nitriles is 1. The van der Waals surface area contributed by atoms with Crippen molar-refractivity contribution < 1.29 is 14.3 Å². The maximum absolute atomic E-state index is 12.8. The number of para-hydroxylation sites is 1. The lowest BCUT2D eigenvalue weighted by atomic mass is 9.92. The number of Topliss-reactive ketones (excluding diaryl/α,β-unsaturated/α-hetero) is 1. The molecule has 1 fully saturated rings. The van der Waals surface area contributed by atoms with Crippen molar-refractivity contribution in [2.45, 2.75) is 44.8 Å². The summed E-state index contributed by atoms with van der Waals surface area (Å²) < 4.78 is 5.82. The second-order valence-corrected chi connectivity index (χ2v) is 7.39. The third-order valence-corrected chi connectivity index (χ3v) is 5.39. The number of carbonyl (C=O) groups is 2. The van der Waals surface area contributed by atoms with Gasteiger partial charge in [0.2, 0.25) is 5.69 Å². The first kappa shape index (κ1) is 19.6. The predicted octanol–water partition coefficient (Wildman–Crippen LogP) is 2.83. The first-order chi connectivity index (χ1) is 14.6. The van der Waals surface area contributed by atoms with Crippen LogP contribution in [0.5, 0.6) is 5.88 Å². The highest BCUT2D eigenvalue weighted by molar-refractivity contribution is 6.45. The number of aromatic amines is 1. The lowest BCUT2D eigenvalue weighted by Gasteiger charge is -2.29. The molecule has 30 heavy (non-hydrogen) atoms. The van der Waals surface area contributed by atoms with E-state index in [2.05, 4.69) is 20.3 Å². The van der Waals surface area contributed by atoms with Crippen LogP contribution in [0, 0.1) is 18.3 Å². The molecule has 4 rings (SSSR count). The number of hydrogen-bond acceptors (Lipinski definition) is 6. The van der Waals surface area contributed by atoms with Gasteiger partial charge in [0, 0.05) is 35.0 Å². The number of nitrogens with one attached hydrogen (secondary N) is 2. The molecule has 8 nitrogen and oxygen atoms in total. The van der Waals surface area contributed by atoms with E-state index in [0.717, 1.165) is 10.9 Å². The zero-order valence-corrected chi connectivity index (χ0v) is 16.5. The van der Waals surface area contributed by atoms with Gasteiger partial charge in [-0.1, -0.05) is 18.2 Å². The van der Waals surface area contributed by atoms with Crippen LogP contribution in [0.2, 0.25) is 0 Å². The molecular weight excluding hydrogens is 382 g/mol. The van der Waals surface area contributed by atoms with E-state index in [1.165, 1.54) is 12.4 Å². The van der Waals surface area contributed by atoms with E-state index in [-0.39, 0.29) is 23.7 Å². The van der Waals surface area contributed by atoms with Gasteiger partial charge < -0.3 is 15.0 Å². The average molecular weight is 403 g/mol. The van der Waals surface area contributed by atoms with Crippen molar-refractivity contribution in [3.8, 4) is 11.9 Å². The Balaban J connectivity index is 1.36. The Morgan fingerprint density at radius 3 is 2.67 bits per heavy atom. The summed E-state index contributed by atoms with van der Waals surface area (Å²) in [5, 5.41) is 12.7. The smallest absolute Gasteiger partial charge is 0.292 e. The molecule has 1 amide bonds. The lowest BCUT2D eigenvalue weighted by molar-refractivity contribution is -0.118. The van der Waals surface area contributed by atoms with Gasteiger partial charge >= 0.3 is 0 Å². The molecule has 8 heteroatoms. The Labute approximate surface area is 173 Å². The molecule has 0 spiro atoms. The molecule has 0 aliphatic heterocycles. The van der Waals surface area contributed by atoms with Crippen LogP contribution in [-0.4, -0.2) is 38.8 Å². The van der Waals surface area contributed by atoms with Crippen LogP contribution in [0.3, 0.4) is 0 Å². The van der Waals surface area contributed by atoms with E-state index in [0.29, 0.717) is 36.9 Å². The predicted molar refractivity (Wildman–Crippen MR) is 109 cm³/mol. The van der Waals surface area contributed by atoms with Gasteiger partial charge in [0.05, 0.1) is 5.56 Å². The van der Waals surface area contributed by atoms with Gasteiger partial charge in [-0.3, -0.25) is 9.59 Å². The molecule has 2 N–H and O–H groups in total. The van der Waals surface area contributed by atoms with Crippen molar-refractivity contribution in [1.82, 2.24) is 20.3 Å². The number of benzene rings is 1. The van der Waals surface area contributed by atoms with Gasteiger partial charge in [0.25, 0.3) is 17.6 Å². The second-order valence-electron chi connectivity index (χ2n) is 7.39. The largest absolute Gasteiger partial charge is 0.472 e. The maximum Gasteiger partial charge on any atom is 0.292 e. The first-order valence-corrected chi connectivity index (χ1v) is 9.87. The van der Waals surface area contributed by atoms with E-state index < -0.39 is 11.7 Å². The number of fused-ring (bicyclic) bond motifs is 1. The molecule has 1 aromatic carbocycles. The van der Waals surface area contributed by atoms with Crippen molar-refractivity contribution in [1.29, 1.82) is 5.26 Å². The van der Waals surface area contributed by atoms with Crippen LogP contribution in [0.15, 0.2) is 36.7 Å². The van der Waals surface area contributed by atoms with Crippen molar-refractivity contribution in [3.05, 3.63) is 53.6 Å². The summed E-state index contributed by atoms with van der Waals surface area (Å²) in [5.74, 6) is -0.882. The molecule has 1 aliphatic carbocycles. The van der Waals surface area contributed by atoms with Gasteiger partial charge in [-0.2, -0.15) is 5.26 Å². The molecular formula is C22H21N5O3. The molecule has 0 saturated heterocycles. The summed E-state index contributed by atoms with van der Waals surface area (Å²) in [6.45, 7) is 1.80. The monoisotopic (exact) mass is 403 g/mol. The third kappa shape index (κ3) is 3.87. The van der Waals surface area contributed by atoms with E-state index in [9.17, 15) is 9.59 Å². The highest BCUT2D eigenvalue weighted by atomic mass is 16.5. The van der Waals surface area contributed by atoms with E-state index in [1.807, 2.05) is 30.3 Å². The van der Waals surface area contributed by atoms with Crippen LogP contribution < -0.4 is 10.1 Å². The van der Waals surface area contributed by atoms with Crippen molar-refractivity contribution in [2.75, 3.05) is 0 Å². The molecule has 0 unspecified atom stereocenters. The number of H-pyrrole nitrogens is 1. The fourth-order valence-corrected chi connectivity index (χ4v) is 3.90. The minimum Gasteiger partial charge on any atom is -0.472 e. The lowest BCUT2D eigenvalue weighted by Crippen LogP contribution is -2.42. The average Bonchev–Trinajstić information content (AvgIpc) is 3.10. The Morgan fingerprint density at radius 1 is 1.17 bits per heavy atom. The third-order valence-electron chi connectivity index (χ3n) is 5.39. The molecule has 1 aliphatic rings. The molecule has 0 atom stereocenters. The number of amides is 1. The molecule has 2 aromatic heterocycles. The topological polar surface area (TPSA) is 121 Å². The fourth-order valence-electron chi connectivity index (χ4n) is 3.90. The van der Waals surface area contributed by atoms with E-state index in [1.54, 1.807) is 6.92 Å². The Bertz CT molecular complexity index is 1140. The molecule has 0 radical (unpaired) electrons. The minimum atomic E-state index is -0.590. The van der Waals surface area contributed by atoms with Crippen LogP contribution in [0.1, 0.15) is 47.4 Å². The first-order valence-electron chi connectivity index (χ1n) is 9.87. The number of rotatable bonds is 5. The zero-order valence-electron chi connectivity index (χ0n) is 16.5. The van der Waals surface area contributed by atoms with Gasteiger partial charge in [0.1, 0.15) is 12.2 Å². The Morgan fingerprint density at radius 2 is 1.90 bits per heavy atom. The van der Waals surface area contributed by atoms with Crippen LogP contribution in [-0.2, 0) is 4.79 Å². The number of aromatic nitrogens is 3. The summed E-state index contributed by atoms with van der Waals surface area (Å²) in [7, 11) is 0. The molecule has 1 saturated carbocycles. The number of aryl methyl sites for hydroxylation is 1. The highest BCUT2D eigenvalue weighted by Crippen LogP contribution is 2.25. The van der Waals surface area contributed by atoms with Gasteiger partial charge in [-0.05, 0) is 38.7 Å². The SMILES string of the molecule is Cc1[nH]c2ccccc2c1C(=O)C(=O)NC1CCC(Oc2nccnc2C#N)CC1. The van der Waals surface area contributed by atoms with Crippen LogP contribution in [0.25, 0.3) is 10.9 Å². The van der Waals surface area contributed by atoms with E-state index in [4.69, 9.17) is 10.00 Å². The summed E-state index contributed by atoms with van der Waals surface area (Å²) >= 11 is 0. The molecule has 0 bridgehead atoms.